The Kier molecular flexibility index (Phi) is 6.77. The van der Waals surface area contributed by atoms with Crippen molar-refractivity contribution in [2.24, 2.45) is 5.92 Å². The highest BCUT2D eigenvalue weighted by Crippen LogP contribution is 2.19. The fourth-order valence-corrected chi connectivity index (χ4v) is 3.58. The predicted molar refractivity (Wildman–Crippen MR) is 84.3 cm³/mol. The van der Waals surface area contributed by atoms with Crippen molar-refractivity contribution in [2.75, 3.05) is 39.3 Å². The first-order chi connectivity index (χ1) is 10.2. The Hall–Kier alpha value is -0.810. The van der Waals surface area contributed by atoms with E-state index < -0.39 is 0 Å². The molecule has 2 heterocycles. The molecule has 2 aliphatic rings. The van der Waals surface area contributed by atoms with Crippen molar-refractivity contribution in [2.45, 2.75) is 51.5 Å². The molecule has 0 spiro atoms. The molecule has 2 atom stereocenters. The fourth-order valence-electron chi connectivity index (χ4n) is 3.58. The summed E-state index contributed by atoms with van der Waals surface area (Å²) in [5.41, 5.74) is 0. The maximum absolute atomic E-state index is 12.2. The molecule has 0 aromatic heterocycles. The highest BCUT2D eigenvalue weighted by molar-refractivity contribution is 5.74. The molecule has 0 unspecified atom stereocenters. The molecular weight excluding hydrogens is 266 g/mol. The minimum Gasteiger partial charge on any atom is -0.396 e. The first-order valence-electron chi connectivity index (χ1n) is 8.58. The van der Waals surface area contributed by atoms with Crippen molar-refractivity contribution < 1.29 is 9.90 Å². The van der Waals surface area contributed by atoms with E-state index in [0.717, 1.165) is 45.4 Å². The van der Waals surface area contributed by atoms with Gasteiger partial charge >= 0.3 is 6.03 Å². The van der Waals surface area contributed by atoms with Gasteiger partial charge in [0.1, 0.15) is 0 Å². The van der Waals surface area contributed by atoms with Crippen LogP contribution in [0.2, 0.25) is 0 Å². The molecule has 2 aliphatic heterocycles. The lowest BCUT2D eigenvalue weighted by Gasteiger charge is -2.34. The number of nitrogens with one attached hydrogen (secondary N) is 1. The zero-order valence-electron chi connectivity index (χ0n) is 13.4. The van der Waals surface area contributed by atoms with Crippen LogP contribution < -0.4 is 5.32 Å². The molecule has 122 valence electrons. The van der Waals surface area contributed by atoms with E-state index in [0.29, 0.717) is 12.0 Å². The molecule has 5 heteroatoms. The molecule has 0 bridgehead atoms. The highest BCUT2D eigenvalue weighted by Gasteiger charge is 2.23. The van der Waals surface area contributed by atoms with E-state index in [9.17, 15) is 4.79 Å². The Labute approximate surface area is 128 Å². The molecule has 21 heavy (non-hydrogen) atoms. The molecule has 2 N–H and O–H groups in total. The van der Waals surface area contributed by atoms with Crippen molar-refractivity contribution in [3.8, 4) is 0 Å². The van der Waals surface area contributed by atoms with Crippen LogP contribution in [-0.4, -0.2) is 66.3 Å². The largest absolute Gasteiger partial charge is 0.396 e. The van der Waals surface area contributed by atoms with E-state index in [2.05, 4.69) is 17.1 Å². The molecule has 0 aliphatic carbocycles. The van der Waals surface area contributed by atoms with Gasteiger partial charge in [-0.3, -0.25) is 4.90 Å². The van der Waals surface area contributed by atoms with Crippen molar-refractivity contribution in [3.63, 3.8) is 0 Å². The van der Waals surface area contributed by atoms with E-state index in [1.54, 1.807) is 0 Å². The number of carbonyl (C=O) groups excluding carboxylic acids is 1. The summed E-state index contributed by atoms with van der Waals surface area (Å²) >= 11 is 0. The fraction of sp³-hybridized carbons (Fsp3) is 0.938. The van der Waals surface area contributed by atoms with Gasteiger partial charge in [-0.15, -0.1) is 0 Å². The van der Waals surface area contributed by atoms with Crippen molar-refractivity contribution >= 4 is 6.03 Å². The lowest BCUT2D eigenvalue weighted by atomic mass is 9.95. The standard InChI is InChI=1S/C16H31N3O2/c1-14-5-2-3-9-18(14)11-8-17-16(21)19-10-4-6-15(13-19)7-12-20/h14-15,20H,2-13H2,1H3,(H,17,21)/t14-,15+/m1/s1. The van der Waals surface area contributed by atoms with Gasteiger partial charge in [-0.25, -0.2) is 4.79 Å². The molecular formula is C16H31N3O2. The van der Waals surface area contributed by atoms with Crippen molar-refractivity contribution in [1.29, 1.82) is 0 Å². The van der Waals surface area contributed by atoms with Gasteiger partial charge in [0.2, 0.25) is 0 Å². The van der Waals surface area contributed by atoms with Crippen LogP contribution in [0.5, 0.6) is 0 Å². The summed E-state index contributed by atoms with van der Waals surface area (Å²) in [6.45, 7) is 7.03. The van der Waals surface area contributed by atoms with Crippen LogP contribution in [-0.2, 0) is 0 Å². The summed E-state index contributed by atoms with van der Waals surface area (Å²) in [6.07, 6.45) is 6.91. The average molecular weight is 297 g/mol. The third-order valence-electron chi connectivity index (χ3n) is 4.96. The summed E-state index contributed by atoms with van der Waals surface area (Å²) in [5, 5.41) is 12.1. The van der Waals surface area contributed by atoms with Crippen LogP contribution in [0, 0.1) is 5.92 Å². The number of piperidine rings is 2. The van der Waals surface area contributed by atoms with Crippen LogP contribution in [0.25, 0.3) is 0 Å². The number of carbonyl (C=O) groups is 1. The number of hydrogen-bond acceptors (Lipinski definition) is 3. The predicted octanol–water partition coefficient (Wildman–Crippen LogP) is 1.66. The van der Waals surface area contributed by atoms with Gasteiger partial charge in [-0.1, -0.05) is 6.42 Å². The van der Waals surface area contributed by atoms with Crippen molar-refractivity contribution in [3.05, 3.63) is 0 Å². The summed E-state index contributed by atoms with van der Waals surface area (Å²) in [6, 6.07) is 0.724. The number of nitrogens with zero attached hydrogens (tertiary/aromatic N) is 2. The SMILES string of the molecule is C[C@@H]1CCCCN1CCNC(=O)N1CCC[C@@H](CCO)C1. The Morgan fingerprint density at radius 1 is 1.24 bits per heavy atom. The maximum Gasteiger partial charge on any atom is 0.317 e. The Morgan fingerprint density at radius 2 is 2.10 bits per heavy atom. The number of aliphatic hydroxyl groups is 1. The summed E-state index contributed by atoms with van der Waals surface area (Å²) in [4.78, 5) is 16.6. The van der Waals surface area contributed by atoms with E-state index in [1.807, 2.05) is 4.90 Å². The third kappa shape index (κ3) is 5.15. The zero-order chi connectivity index (χ0) is 15.1. The van der Waals surface area contributed by atoms with Gasteiger partial charge in [0.05, 0.1) is 0 Å². The molecule has 0 saturated carbocycles. The van der Waals surface area contributed by atoms with Crippen molar-refractivity contribution in [1.82, 2.24) is 15.1 Å². The molecule has 2 amide bonds. The quantitative estimate of drug-likeness (QED) is 0.811. The zero-order valence-corrected chi connectivity index (χ0v) is 13.4. The Morgan fingerprint density at radius 3 is 2.86 bits per heavy atom. The van der Waals surface area contributed by atoms with E-state index in [-0.39, 0.29) is 12.6 Å². The minimum absolute atomic E-state index is 0.0716. The van der Waals surface area contributed by atoms with Crippen LogP contribution in [0.15, 0.2) is 0 Å². The van der Waals surface area contributed by atoms with Gasteiger partial charge in [0.25, 0.3) is 0 Å². The van der Waals surface area contributed by atoms with Crippen LogP contribution in [0.1, 0.15) is 45.4 Å². The monoisotopic (exact) mass is 297 g/mol. The first-order valence-corrected chi connectivity index (χ1v) is 8.58. The molecule has 5 nitrogen and oxygen atoms in total. The third-order valence-corrected chi connectivity index (χ3v) is 4.96. The second kappa shape index (κ2) is 8.59. The van der Waals surface area contributed by atoms with Gasteiger partial charge in [0.15, 0.2) is 0 Å². The number of amides is 2. The second-order valence-corrected chi connectivity index (χ2v) is 6.58. The summed E-state index contributed by atoms with van der Waals surface area (Å²) < 4.78 is 0. The molecule has 2 saturated heterocycles. The average Bonchev–Trinajstić information content (AvgIpc) is 2.50. The van der Waals surface area contributed by atoms with E-state index >= 15 is 0 Å². The van der Waals surface area contributed by atoms with Gasteiger partial charge in [-0.05, 0) is 51.5 Å². The van der Waals surface area contributed by atoms with E-state index in [1.165, 1.54) is 25.8 Å². The Bertz CT molecular complexity index is 323. The number of urea groups is 1. The van der Waals surface area contributed by atoms with Gasteiger partial charge in [0, 0.05) is 38.8 Å². The van der Waals surface area contributed by atoms with Gasteiger partial charge < -0.3 is 15.3 Å². The lowest BCUT2D eigenvalue weighted by molar-refractivity contribution is 0.142. The second-order valence-electron chi connectivity index (χ2n) is 6.58. The lowest BCUT2D eigenvalue weighted by Crippen LogP contribution is -2.48. The maximum atomic E-state index is 12.2. The molecule has 2 fully saturated rings. The smallest absolute Gasteiger partial charge is 0.317 e. The minimum atomic E-state index is 0.0716. The molecule has 0 radical (unpaired) electrons. The number of rotatable bonds is 5. The molecule has 0 aromatic carbocycles. The number of aliphatic hydroxyl groups excluding tert-OH is 1. The normalized spacial score (nSPS) is 27.6. The van der Waals surface area contributed by atoms with Crippen LogP contribution in [0.4, 0.5) is 4.79 Å². The van der Waals surface area contributed by atoms with Gasteiger partial charge in [-0.2, -0.15) is 0 Å². The van der Waals surface area contributed by atoms with Crippen LogP contribution in [0.3, 0.4) is 0 Å². The first kappa shape index (κ1) is 16.6. The summed E-state index contributed by atoms with van der Waals surface area (Å²) in [5.74, 6) is 0.469. The Balaban J connectivity index is 1.66. The topological polar surface area (TPSA) is 55.8 Å². The molecule has 0 aromatic rings. The van der Waals surface area contributed by atoms with E-state index in [4.69, 9.17) is 5.11 Å². The number of hydrogen-bond donors (Lipinski definition) is 2. The summed E-state index contributed by atoms with van der Waals surface area (Å²) in [7, 11) is 0. The number of likely N-dealkylation sites (tertiary alicyclic amines) is 2. The van der Waals surface area contributed by atoms with Crippen LogP contribution >= 0.6 is 0 Å². The highest BCUT2D eigenvalue weighted by atomic mass is 16.3. The molecule has 2 rings (SSSR count).